The van der Waals surface area contributed by atoms with Crippen molar-refractivity contribution in [3.8, 4) is 0 Å². The van der Waals surface area contributed by atoms with Gasteiger partial charge in [0.05, 0.1) is 11.7 Å². The van der Waals surface area contributed by atoms with Crippen molar-refractivity contribution >= 4 is 34.9 Å². The number of carbonyl (C=O) groups excluding carboxylic acids is 2. The van der Waals surface area contributed by atoms with Crippen molar-refractivity contribution in [2.24, 2.45) is 0 Å². The van der Waals surface area contributed by atoms with Crippen molar-refractivity contribution < 1.29 is 27.5 Å². The van der Waals surface area contributed by atoms with Crippen LogP contribution in [0.4, 0.5) is 30.5 Å². The summed E-state index contributed by atoms with van der Waals surface area (Å²) in [5.41, 5.74) is -0.167. The number of methoxy groups -OCH3 is 1. The third-order valence-corrected chi connectivity index (χ3v) is 7.86. The van der Waals surface area contributed by atoms with Gasteiger partial charge in [-0.15, -0.1) is 5.10 Å². The number of amides is 2. The fourth-order valence-corrected chi connectivity index (χ4v) is 5.45. The lowest BCUT2D eigenvalue weighted by Gasteiger charge is -2.36. The number of fused-ring (bicyclic) bond motifs is 1. The van der Waals surface area contributed by atoms with Gasteiger partial charge in [0.2, 0.25) is 23.5 Å². The van der Waals surface area contributed by atoms with E-state index in [4.69, 9.17) is 4.74 Å². The van der Waals surface area contributed by atoms with Crippen LogP contribution in [-0.4, -0.2) is 88.4 Å². The molecule has 2 aromatic heterocycles. The molecule has 12 nitrogen and oxygen atoms in total. The smallest absolute Gasteiger partial charge is 0.381 e. The molecule has 2 saturated heterocycles. The van der Waals surface area contributed by atoms with Crippen molar-refractivity contribution in [2.45, 2.75) is 45.5 Å². The van der Waals surface area contributed by atoms with E-state index in [1.807, 2.05) is 9.80 Å². The summed E-state index contributed by atoms with van der Waals surface area (Å²) in [6, 6.07) is 4.17. The SMILES string of the molecule is COC1CCN(c2nc3n(CC(=O)Nc4ccc(C(F)(F)F)cc4)c(C)c(N4CCN(C(C)=O)CC4)c(=O)n3n2)CC1. The average molecular weight is 591 g/mol. The minimum Gasteiger partial charge on any atom is -0.381 e. The maximum absolute atomic E-state index is 13.8. The van der Waals surface area contributed by atoms with Crippen molar-refractivity contribution in [3.63, 3.8) is 0 Å². The second kappa shape index (κ2) is 11.6. The first-order valence-electron chi connectivity index (χ1n) is 13.7. The normalized spacial score (nSPS) is 16.8. The number of piperidine rings is 1. The van der Waals surface area contributed by atoms with Gasteiger partial charge >= 0.3 is 6.18 Å². The Hall–Kier alpha value is -4.14. The first-order chi connectivity index (χ1) is 20.0. The third kappa shape index (κ3) is 5.91. The molecule has 2 fully saturated rings. The van der Waals surface area contributed by atoms with E-state index >= 15 is 0 Å². The Morgan fingerprint density at radius 3 is 2.24 bits per heavy atom. The van der Waals surface area contributed by atoms with Crippen molar-refractivity contribution in [1.82, 2.24) is 24.1 Å². The zero-order chi connectivity index (χ0) is 30.2. The van der Waals surface area contributed by atoms with E-state index in [2.05, 4.69) is 15.4 Å². The Bertz CT molecular complexity index is 1520. The molecule has 5 rings (SSSR count). The Kier molecular flexibility index (Phi) is 8.12. The number of nitrogens with zero attached hydrogens (tertiary/aromatic N) is 7. The van der Waals surface area contributed by atoms with Crippen LogP contribution in [0.15, 0.2) is 29.1 Å². The van der Waals surface area contributed by atoms with Crippen LogP contribution in [0.1, 0.15) is 31.0 Å². The molecular formula is C27H33F3N8O4. The number of nitrogens with one attached hydrogen (secondary N) is 1. The number of ether oxygens (including phenoxy) is 1. The number of rotatable bonds is 6. The van der Waals surface area contributed by atoms with Crippen LogP contribution in [0.3, 0.4) is 0 Å². The number of anilines is 3. The fourth-order valence-electron chi connectivity index (χ4n) is 5.45. The van der Waals surface area contributed by atoms with Crippen LogP contribution in [0.5, 0.6) is 0 Å². The Balaban J connectivity index is 1.48. The predicted octanol–water partition coefficient (Wildman–Crippen LogP) is 2.14. The van der Waals surface area contributed by atoms with Gasteiger partial charge in [0, 0.05) is 64.7 Å². The minimum atomic E-state index is -4.49. The lowest BCUT2D eigenvalue weighted by Crippen LogP contribution is -2.50. The molecule has 3 aromatic rings. The van der Waals surface area contributed by atoms with Gasteiger partial charge in [0.15, 0.2) is 0 Å². The number of piperazine rings is 1. The maximum Gasteiger partial charge on any atom is 0.416 e. The van der Waals surface area contributed by atoms with Crippen LogP contribution in [-0.2, 0) is 27.0 Å². The van der Waals surface area contributed by atoms with E-state index in [-0.39, 0.29) is 35.6 Å². The Morgan fingerprint density at radius 1 is 1.02 bits per heavy atom. The molecule has 2 aliphatic rings. The molecule has 4 heterocycles. The van der Waals surface area contributed by atoms with Crippen molar-refractivity contribution in [3.05, 3.63) is 45.9 Å². The number of hydrogen-bond donors (Lipinski definition) is 1. The molecule has 0 unspecified atom stereocenters. The predicted molar refractivity (Wildman–Crippen MR) is 149 cm³/mol. The molecule has 0 spiro atoms. The lowest BCUT2D eigenvalue weighted by molar-refractivity contribution is -0.137. The molecule has 226 valence electrons. The summed E-state index contributed by atoms with van der Waals surface area (Å²) in [5.74, 6) is -0.0231. The quantitative estimate of drug-likeness (QED) is 0.464. The molecule has 0 aliphatic carbocycles. The molecular weight excluding hydrogens is 557 g/mol. The van der Waals surface area contributed by atoms with E-state index in [9.17, 15) is 27.6 Å². The Labute approximate surface area is 239 Å². The van der Waals surface area contributed by atoms with Gasteiger partial charge in [-0.2, -0.15) is 22.7 Å². The minimum absolute atomic E-state index is 0.0441. The molecule has 1 aromatic carbocycles. The van der Waals surface area contributed by atoms with E-state index in [1.54, 1.807) is 23.5 Å². The highest BCUT2D eigenvalue weighted by atomic mass is 19.4. The largest absolute Gasteiger partial charge is 0.416 e. The molecule has 2 aliphatic heterocycles. The molecule has 2 amide bonds. The lowest BCUT2D eigenvalue weighted by atomic mass is 10.1. The molecule has 0 radical (unpaired) electrons. The van der Waals surface area contributed by atoms with Crippen LogP contribution in [0, 0.1) is 6.92 Å². The summed E-state index contributed by atoms with van der Waals surface area (Å²) < 4.78 is 47.1. The van der Waals surface area contributed by atoms with Gasteiger partial charge in [-0.25, -0.2) is 0 Å². The average Bonchev–Trinajstić information content (AvgIpc) is 3.41. The maximum atomic E-state index is 13.8. The van der Waals surface area contributed by atoms with E-state index < -0.39 is 17.6 Å². The summed E-state index contributed by atoms with van der Waals surface area (Å²) in [4.78, 5) is 49.0. The standard InChI is InChI=1S/C27H33F3N8O4/c1-17-23(35-14-12-34(13-15-35)18(2)39)24(41)38-26(32-25(33-38)36-10-8-21(42-3)9-11-36)37(17)16-22(40)31-20-6-4-19(5-7-20)27(28,29)30/h4-7,21H,8-16H2,1-3H3,(H,31,40). The molecule has 15 heteroatoms. The van der Waals surface area contributed by atoms with Gasteiger partial charge in [-0.1, -0.05) is 0 Å². The van der Waals surface area contributed by atoms with Crippen LogP contribution >= 0.6 is 0 Å². The summed E-state index contributed by atoms with van der Waals surface area (Å²) in [6.07, 6.45) is -2.81. The zero-order valence-electron chi connectivity index (χ0n) is 23.6. The number of halogens is 3. The second-order valence-electron chi connectivity index (χ2n) is 10.5. The van der Waals surface area contributed by atoms with E-state index in [0.717, 1.165) is 25.0 Å². The molecule has 1 N–H and O–H groups in total. The molecule has 0 saturated carbocycles. The van der Waals surface area contributed by atoms with E-state index in [1.165, 1.54) is 23.6 Å². The number of hydrogen-bond acceptors (Lipinski definition) is 8. The topological polar surface area (TPSA) is 117 Å². The first kappa shape index (κ1) is 29.4. The molecule has 42 heavy (non-hydrogen) atoms. The van der Waals surface area contributed by atoms with Crippen molar-refractivity contribution in [2.75, 3.05) is 61.5 Å². The highest BCUT2D eigenvalue weighted by Crippen LogP contribution is 2.30. The van der Waals surface area contributed by atoms with Crippen LogP contribution in [0.25, 0.3) is 5.78 Å². The second-order valence-corrected chi connectivity index (χ2v) is 10.5. The van der Waals surface area contributed by atoms with Crippen LogP contribution < -0.4 is 20.7 Å². The van der Waals surface area contributed by atoms with Gasteiger partial charge < -0.3 is 29.3 Å². The zero-order valence-corrected chi connectivity index (χ0v) is 23.6. The fraction of sp³-hybridized carbons (Fsp3) is 0.519. The summed E-state index contributed by atoms with van der Waals surface area (Å²) in [5, 5.41) is 7.17. The number of alkyl halides is 3. The first-order valence-corrected chi connectivity index (χ1v) is 13.7. The van der Waals surface area contributed by atoms with Crippen molar-refractivity contribution in [1.29, 1.82) is 0 Å². The summed E-state index contributed by atoms with van der Waals surface area (Å²) in [6.45, 7) is 5.96. The third-order valence-electron chi connectivity index (χ3n) is 7.86. The molecule has 0 bridgehead atoms. The Morgan fingerprint density at radius 2 is 1.67 bits per heavy atom. The van der Waals surface area contributed by atoms with Gasteiger partial charge in [0.1, 0.15) is 12.2 Å². The van der Waals surface area contributed by atoms with Gasteiger partial charge in [-0.05, 0) is 44.0 Å². The number of carbonyl (C=O) groups is 2. The molecule has 0 atom stereocenters. The van der Waals surface area contributed by atoms with Crippen LogP contribution in [0.2, 0.25) is 0 Å². The van der Waals surface area contributed by atoms with Gasteiger partial charge in [-0.3, -0.25) is 14.4 Å². The highest BCUT2D eigenvalue weighted by Gasteiger charge is 2.31. The summed E-state index contributed by atoms with van der Waals surface area (Å²) in [7, 11) is 1.67. The number of aromatic nitrogens is 4. The number of benzene rings is 1. The highest BCUT2D eigenvalue weighted by molar-refractivity contribution is 5.91. The summed E-state index contributed by atoms with van der Waals surface area (Å²) >= 11 is 0. The van der Waals surface area contributed by atoms with E-state index in [0.29, 0.717) is 56.6 Å². The monoisotopic (exact) mass is 590 g/mol. The van der Waals surface area contributed by atoms with Gasteiger partial charge in [0.25, 0.3) is 5.56 Å².